The second kappa shape index (κ2) is 6.28. The van der Waals surface area contributed by atoms with Gasteiger partial charge in [-0.25, -0.2) is 0 Å². The van der Waals surface area contributed by atoms with E-state index in [2.05, 4.69) is 51.4 Å². The topological polar surface area (TPSA) is 24.9 Å². The lowest BCUT2D eigenvalue weighted by atomic mass is 10.2. The van der Waals surface area contributed by atoms with Crippen LogP contribution in [0.4, 0.5) is 0 Å². The highest BCUT2D eigenvalue weighted by Gasteiger charge is 2.01. The molecule has 2 rings (SSSR count). The Morgan fingerprint density at radius 2 is 2.12 bits per heavy atom. The fourth-order valence-corrected chi connectivity index (χ4v) is 3.17. The van der Waals surface area contributed by atoms with Gasteiger partial charge in [0.25, 0.3) is 0 Å². The lowest BCUT2D eigenvalue weighted by Crippen LogP contribution is -2.15. The molecule has 0 amide bonds. The Bertz CT molecular complexity index is 448. The van der Waals surface area contributed by atoms with Crippen molar-refractivity contribution >= 4 is 27.3 Å². The zero-order valence-electron chi connectivity index (χ0n) is 9.74. The highest BCUT2D eigenvalue weighted by molar-refractivity contribution is 9.10. The van der Waals surface area contributed by atoms with Crippen molar-refractivity contribution < 1.29 is 0 Å². The number of thiophene rings is 1. The van der Waals surface area contributed by atoms with Crippen LogP contribution in [-0.2, 0) is 13.0 Å². The SMILES string of the molecule is Cc1sc(CNCCc2ccncc2)cc1Br. The first-order valence-corrected chi connectivity index (χ1v) is 7.21. The van der Waals surface area contributed by atoms with E-state index < -0.39 is 0 Å². The van der Waals surface area contributed by atoms with E-state index in [1.54, 1.807) is 0 Å². The molecule has 0 radical (unpaired) electrons. The highest BCUT2D eigenvalue weighted by Crippen LogP contribution is 2.25. The number of hydrogen-bond acceptors (Lipinski definition) is 3. The first-order chi connectivity index (χ1) is 8.25. The van der Waals surface area contributed by atoms with Crippen molar-refractivity contribution in [1.82, 2.24) is 10.3 Å². The fraction of sp³-hybridized carbons (Fsp3) is 0.308. The molecule has 0 unspecified atom stereocenters. The van der Waals surface area contributed by atoms with Gasteiger partial charge in [0.15, 0.2) is 0 Å². The number of halogens is 1. The summed E-state index contributed by atoms with van der Waals surface area (Å²) < 4.78 is 1.22. The van der Waals surface area contributed by atoms with Gasteiger partial charge in [0, 0.05) is 33.2 Å². The molecule has 0 aliphatic rings. The molecule has 2 aromatic heterocycles. The third kappa shape index (κ3) is 3.91. The molecule has 0 aromatic carbocycles. The van der Waals surface area contributed by atoms with Crippen LogP contribution < -0.4 is 5.32 Å². The van der Waals surface area contributed by atoms with Gasteiger partial charge in [-0.2, -0.15) is 0 Å². The number of aryl methyl sites for hydroxylation is 1. The third-order valence-corrected chi connectivity index (χ3v) is 4.68. The predicted molar refractivity (Wildman–Crippen MR) is 76.4 cm³/mol. The molecule has 2 aromatic rings. The molecule has 4 heteroatoms. The summed E-state index contributed by atoms with van der Waals surface area (Å²) in [6, 6.07) is 6.32. The van der Waals surface area contributed by atoms with Crippen LogP contribution in [0.2, 0.25) is 0 Å². The third-order valence-electron chi connectivity index (χ3n) is 2.55. The van der Waals surface area contributed by atoms with Gasteiger partial charge in [-0.1, -0.05) is 0 Å². The van der Waals surface area contributed by atoms with E-state index in [-0.39, 0.29) is 0 Å². The predicted octanol–water partition coefficient (Wildman–Crippen LogP) is 3.55. The molecular weight excluding hydrogens is 296 g/mol. The minimum atomic E-state index is 0.947. The molecule has 0 saturated carbocycles. The van der Waals surface area contributed by atoms with E-state index in [4.69, 9.17) is 0 Å². The van der Waals surface area contributed by atoms with Crippen LogP contribution in [-0.4, -0.2) is 11.5 Å². The van der Waals surface area contributed by atoms with Gasteiger partial charge in [-0.15, -0.1) is 11.3 Å². The summed E-state index contributed by atoms with van der Waals surface area (Å²) in [5.74, 6) is 0. The van der Waals surface area contributed by atoms with E-state index in [9.17, 15) is 0 Å². The van der Waals surface area contributed by atoms with E-state index in [0.717, 1.165) is 19.5 Å². The zero-order chi connectivity index (χ0) is 12.1. The van der Waals surface area contributed by atoms with E-state index in [1.807, 2.05) is 23.7 Å². The van der Waals surface area contributed by atoms with Gasteiger partial charge in [0.05, 0.1) is 0 Å². The molecule has 0 saturated heterocycles. The highest BCUT2D eigenvalue weighted by atomic mass is 79.9. The van der Waals surface area contributed by atoms with Crippen molar-refractivity contribution in [3.05, 3.63) is 50.4 Å². The van der Waals surface area contributed by atoms with Crippen LogP contribution in [0.5, 0.6) is 0 Å². The lowest BCUT2D eigenvalue weighted by Gasteiger charge is -2.02. The molecule has 2 heterocycles. The molecule has 0 spiro atoms. The quantitative estimate of drug-likeness (QED) is 0.854. The molecule has 0 fully saturated rings. The van der Waals surface area contributed by atoms with Crippen molar-refractivity contribution in [2.45, 2.75) is 19.9 Å². The van der Waals surface area contributed by atoms with Crippen molar-refractivity contribution in [1.29, 1.82) is 0 Å². The van der Waals surface area contributed by atoms with Crippen molar-refractivity contribution in [2.24, 2.45) is 0 Å². The number of aromatic nitrogens is 1. The Labute approximate surface area is 114 Å². The van der Waals surface area contributed by atoms with Gasteiger partial charge < -0.3 is 5.32 Å². The minimum absolute atomic E-state index is 0.947. The molecule has 0 aliphatic carbocycles. The minimum Gasteiger partial charge on any atom is -0.312 e. The Balaban J connectivity index is 1.73. The van der Waals surface area contributed by atoms with Crippen LogP contribution in [0.1, 0.15) is 15.3 Å². The fourth-order valence-electron chi connectivity index (χ4n) is 1.60. The van der Waals surface area contributed by atoms with Crippen LogP contribution in [0.15, 0.2) is 35.1 Å². The van der Waals surface area contributed by atoms with Crippen molar-refractivity contribution in [2.75, 3.05) is 6.54 Å². The Hall–Kier alpha value is -0.710. The van der Waals surface area contributed by atoms with Crippen molar-refractivity contribution in [3.63, 3.8) is 0 Å². The van der Waals surface area contributed by atoms with E-state index in [0.29, 0.717) is 0 Å². The molecule has 90 valence electrons. The first-order valence-electron chi connectivity index (χ1n) is 5.60. The summed E-state index contributed by atoms with van der Waals surface area (Å²) in [5, 5.41) is 3.46. The average molecular weight is 311 g/mol. The maximum atomic E-state index is 4.01. The maximum absolute atomic E-state index is 4.01. The van der Waals surface area contributed by atoms with Gasteiger partial charge in [-0.3, -0.25) is 4.98 Å². The summed E-state index contributed by atoms with van der Waals surface area (Å²) in [7, 11) is 0. The normalized spacial score (nSPS) is 10.7. The summed E-state index contributed by atoms with van der Waals surface area (Å²) in [6.45, 7) is 4.08. The van der Waals surface area contributed by atoms with E-state index in [1.165, 1.54) is 19.8 Å². The molecule has 1 N–H and O–H groups in total. The monoisotopic (exact) mass is 310 g/mol. The largest absolute Gasteiger partial charge is 0.312 e. The van der Waals surface area contributed by atoms with Crippen LogP contribution in [0, 0.1) is 6.92 Å². The Morgan fingerprint density at radius 3 is 2.76 bits per heavy atom. The molecule has 0 aliphatic heterocycles. The second-order valence-corrected chi connectivity index (χ2v) is 6.09. The number of nitrogens with one attached hydrogen (secondary N) is 1. The van der Waals surface area contributed by atoms with Gasteiger partial charge in [0.1, 0.15) is 0 Å². The van der Waals surface area contributed by atoms with Crippen LogP contribution >= 0.6 is 27.3 Å². The van der Waals surface area contributed by atoms with Gasteiger partial charge >= 0.3 is 0 Å². The summed E-state index contributed by atoms with van der Waals surface area (Å²) >= 11 is 5.38. The molecule has 17 heavy (non-hydrogen) atoms. The standard InChI is InChI=1S/C13H15BrN2S/c1-10-13(14)8-12(17-10)9-16-7-4-11-2-5-15-6-3-11/h2-3,5-6,8,16H,4,7,9H2,1H3. The molecule has 2 nitrogen and oxygen atoms in total. The van der Waals surface area contributed by atoms with Gasteiger partial charge in [-0.05, 0) is 59.6 Å². The smallest absolute Gasteiger partial charge is 0.0314 e. The first kappa shape index (κ1) is 12.7. The Kier molecular flexibility index (Phi) is 4.71. The summed E-state index contributed by atoms with van der Waals surface area (Å²) in [4.78, 5) is 6.73. The van der Waals surface area contributed by atoms with Crippen molar-refractivity contribution in [3.8, 4) is 0 Å². The van der Waals surface area contributed by atoms with Gasteiger partial charge in [0.2, 0.25) is 0 Å². The Morgan fingerprint density at radius 1 is 1.35 bits per heavy atom. The summed E-state index contributed by atoms with van der Waals surface area (Å²) in [5.41, 5.74) is 1.33. The molecule has 0 atom stereocenters. The molecule has 0 bridgehead atoms. The maximum Gasteiger partial charge on any atom is 0.0314 e. The summed E-state index contributed by atoms with van der Waals surface area (Å²) in [6.07, 6.45) is 4.73. The number of pyridine rings is 1. The van der Waals surface area contributed by atoms with E-state index >= 15 is 0 Å². The second-order valence-electron chi connectivity index (χ2n) is 3.90. The van der Waals surface area contributed by atoms with Crippen LogP contribution in [0.25, 0.3) is 0 Å². The lowest BCUT2D eigenvalue weighted by molar-refractivity contribution is 0.693. The number of rotatable bonds is 5. The molecular formula is C13H15BrN2S. The number of hydrogen-bond donors (Lipinski definition) is 1. The number of nitrogens with zero attached hydrogens (tertiary/aromatic N) is 1. The zero-order valence-corrected chi connectivity index (χ0v) is 12.1. The van der Waals surface area contributed by atoms with Crippen LogP contribution in [0.3, 0.4) is 0 Å². The average Bonchev–Trinajstić information content (AvgIpc) is 2.66.